The Kier molecular flexibility index (Phi) is 4.04. The van der Waals surface area contributed by atoms with Gasteiger partial charge in [-0.05, 0) is 18.2 Å². The minimum absolute atomic E-state index is 0.0586. The van der Waals surface area contributed by atoms with Crippen LogP contribution in [0, 0.1) is 0 Å². The number of ketones is 1. The van der Waals surface area contributed by atoms with Crippen LogP contribution in [0.5, 0.6) is 0 Å². The van der Waals surface area contributed by atoms with Gasteiger partial charge in [0, 0.05) is 22.9 Å². The smallest absolute Gasteiger partial charge is 0.165 e. The number of benzene rings is 1. The lowest BCUT2D eigenvalue weighted by molar-refractivity contribution is 0.0989. The van der Waals surface area contributed by atoms with Crippen molar-refractivity contribution in [3.05, 3.63) is 33.8 Å². The first-order valence-corrected chi connectivity index (χ1v) is 4.98. The van der Waals surface area contributed by atoms with Crippen LogP contribution in [-0.2, 0) is 0 Å². The molecule has 1 rings (SSSR count). The molecule has 0 heterocycles. The normalized spacial score (nSPS) is 10.1. The summed E-state index contributed by atoms with van der Waals surface area (Å²) in [7, 11) is 0. The van der Waals surface area contributed by atoms with Crippen LogP contribution in [-0.4, -0.2) is 11.7 Å². The van der Waals surface area contributed by atoms with E-state index in [0.29, 0.717) is 27.9 Å². The fourth-order valence-electron chi connectivity index (χ4n) is 0.936. The molecule has 1 aromatic rings. The number of hydrogen-bond donors (Lipinski definition) is 0. The molecule has 0 spiro atoms. The molecule has 0 aromatic heterocycles. The van der Waals surface area contributed by atoms with Crippen molar-refractivity contribution in [2.45, 2.75) is 6.42 Å². The average molecular weight is 238 g/mol. The first-order valence-electron chi connectivity index (χ1n) is 3.69. The predicted molar refractivity (Wildman–Crippen MR) is 56.1 cm³/mol. The molecule has 0 unspecified atom stereocenters. The lowest BCUT2D eigenvalue weighted by atomic mass is 10.1. The second-order valence-electron chi connectivity index (χ2n) is 2.49. The molecule has 0 saturated carbocycles. The Labute approximate surface area is 91.6 Å². The van der Waals surface area contributed by atoms with Gasteiger partial charge in [0.25, 0.3) is 0 Å². The Balaban J connectivity index is 2.95. The van der Waals surface area contributed by atoms with E-state index in [2.05, 4.69) is 0 Å². The molecule has 13 heavy (non-hydrogen) atoms. The highest BCUT2D eigenvalue weighted by Crippen LogP contribution is 2.22. The van der Waals surface area contributed by atoms with Gasteiger partial charge < -0.3 is 0 Å². The Bertz CT molecular complexity index is 323. The van der Waals surface area contributed by atoms with E-state index >= 15 is 0 Å². The maximum absolute atomic E-state index is 11.4. The van der Waals surface area contributed by atoms with Gasteiger partial charge in [0.05, 0.1) is 5.02 Å². The molecule has 0 fully saturated rings. The lowest BCUT2D eigenvalue weighted by Gasteiger charge is -2.01. The maximum atomic E-state index is 11.4. The minimum Gasteiger partial charge on any atom is -0.294 e. The minimum atomic E-state index is -0.0586. The molecule has 0 aliphatic rings. The van der Waals surface area contributed by atoms with Gasteiger partial charge in [-0.15, -0.1) is 11.6 Å². The third-order valence-corrected chi connectivity index (χ3v) is 2.29. The molecule has 0 atom stereocenters. The number of hydrogen-bond acceptors (Lipinski definition) is 1. The summed E-state index contributed by atoms with van der Waals surface area (Å²) < 4.78 is 0. The maximum Gasteiger partial charge on any atom is 0.165 e. The van der Waals surface area contributed by atoms with Crippen LogP contribution in [0.25, 0.3) is 0 Å². The van der Waals surface area contributed by atoms with Crippen molar-refractivity contribution in [1.82, 2.24) is 0 Å². The van der Waals surface area contributed by atoms with Crippen molar-refractivity contribution in [3.63, 3.8) is 0 Å². The monoisotopic (exact) mass is 236 g/mol. The summed E-state index contributed by atoms with van der Waals surface area (Å²) in [6, 6.07) is 4.79. The molecule has 1 aromatic carbocycles. The molecular weight excluding hydrogens is 230 g/mol. The van der Waals surface area contributed by atoms with Crippen molar-refractivity contribution in [1.29, 1.82) is 0 Å². The van der Waals surface area contributed by atoms with Crippen molar-refractivity contribution in [2.24, 2.45) is 0 Å². The summed E-state index contributed by atoms with van der Waals surface area (Å²) in [6.07, 6.45) is 0.295. The highest BCUT2D eigenvalue weighted by molar-refractivity contribution is 6.37. The Morgan fingerprint density at radius 1 is 1.31 bits per heavy atom. The van der Waals surface area contributed by atoms with Crippen LogP contribution < -0.4 is 0 Å². The van der Waals surface area contributed by atoms with Crippen LogP contribution in [0.2, 0.25) is 10.0 Å². The third-order valence-electron chi connectivity index (χ3n) is 1.55. The first kappa shape index (κ1) is 10.8. The van der Waals surface area contributed by atoms with E-state index in [1.807, 2.05) is 0 Å². The SMILES string of the molecule is O=C(CCCl)c1ccc(Cl)cc1Cl. The standard InChI is InChI=1S/C9H7Cl3O/c10-4-3-9(13)7-2-1-6(11)5-8(7)12/h1-2,5H,3-4H2. The number of rotatable bonds is 3. The van der Waals surface area contributed by atoms with Crippen LogP contribution in [0.15, 0.2) is 18.2 Å². The van der Waals surface area contributed by atoms with Gasteiger partial charge in [-0.25, -0.2) is 0 Å². The molecule has 0 saturated heterocycles. The summed E-state index contributed by atoms with van der Waals surface area (Å²) in [5.41, 5.74) is 0.478. The Morgan fingerprint density at radius 2 is 2.00 bits per heavy atom. The first-order chi connectivity index (χ1) is 6.15. The van der Waals surface area contributed by atoms with E-state index in [9.17, 15) is 4.79 Å². The van der Waals surface area contributed by atoms with Gasteiger partial charge in [0.1, 0.15) is 0 Å². The molecule has 0 aliphatic carbocycles. The number of carbonyl (C=O) groups excluding carboxylic acids is 1. The zero-order valence-electron chi connectivity index (χ0n) is 6.69. The van der Waals surface area contributed by atoms with Gasteiger partial charge in [0.2, 0.25) is 0 Å². The highest BCUT2D eigenvalue weighted by atomic mass is 35.5. The molecule has 0 N–H and O–H groups in total. The fourth-order valence-corrected chi connectivity index (χ4v) is 1.62. The molecule has 0 aliphatic heterocycles. The van der Waals surface area contributed by atoms with E-state index < -0.39 is 0 Å². The third kappa shape index (κ3) is 2.87. The van der Waals surface area contributed by atoms with E-state index in [-0.39, 0.29) is 5.78 Å². The summed E-state index contributed by atoms with van der Waals surface area (Å²) in [6.45, 7) is 0. The van der Waals surface area contributed by atoms with Gasteiger partial charge in [0.15, 0.2) is 5.78 Å². The number of Topliss-reactive ketones (excluding diaryl/α,β-unsaturated/α-hetero) is 1. The van der Waals surface area contributed by atoms with Crippen molar-refractivity contribution in [2.75, 3.05) is 5.88 Å². The fraction of sp³-hybridized carbons (Fsp3) is 0.222. The number of alkyl halides is 1. The largest absolute Gasteiger partial charge is 0.294 e. The summed E-state index contributed by atoms with van der Waals surface area (Å²) >= 11 is 16.9. The van der Waals surface area contributed by atoms with Gasteiger partial charge in [-0.2, -0.15) is 0 Å². The molecular formula is C9H7Cl3O. The quantitative estimate of drug-likeness (QED) is 0.577. The van der Waals surface area contributed by atoms with Crippen LogP contribution >= 0.6 is 34.8 Å². The van der Waals surface area contributed by atoms with Crippen LogP contribution in [0.3, 0.4) is 0 Å². The average Bonchev–Trinajstić information content (AvgIpc) is 2.04. The molecule has 70 valence electrons. The molecule has 0 amide bonds. The summed E-state index contributed by atoms with van der Waals surface area (Å²) in [5.74, 6) is 0.245. The summed E-state index contributed by atoms with van der Waals surface area (Å²) in [4.78, 5) is 11.4. The number of halogens is 3. The van der Waals surface area contributed by atoms with Crippen LogP contribution in [0.4, 0.5) is 0 Å². The van der Waals surface area contributed by atoms with E-state index in [1.54, 1.807) is 18.2 Å². The van der Waals surface area contributed by atoms with Crippen molar-refractivity contribution in [3.8, 4) is 0 Å². The Morgan fingerprint density at radius 3 is 2.54 bits per heavy atom. The molecule has 0 bridgehead atoms. The Hall–Kier alpha value is -0.240. The second-order valence-corrected chi connectivity index (χ2v) is 3.71. The molecule has 1 nitrogen and oxygen atoms in total. The van der Waals surface area contributed by atoms with Crippen LogP contribution in [0.1, 0.15) is 16.8 Å². The topological polar surface area (TPSA) is 17.1 Å². The predicted octanol–water partition coefficient (Wildman–Crippen LogP) is 3.81. The zero-order chi connectivity index (χ0) is 9.84. The highest BCUT2D eigenvalue weighted by Gasteiger charge is 2.09. The van der Waals surface area contributed by atoms with Gasteiger partial charge >= 0.3 is 0 Å². The molecule has 4 heteroatoms. The van der Waals surface area contributed by atoms with E-state index in [1.165, 1.54) is 0 Å². The zero-order valence-corrected chi connectivity index (χ0v) is 8.96. The summed E-state index contributed by atoms with van der Waals surface area (Å²) in [5, 5.41) is 0.898. The van der Waals surface area contributed by atoms with E-state index in [0.717, 1.165) is 0 Å². The second kappa shape index (κ2) is 4.85. The van der Waals surface area contributed by atoms with Crippen molar-refractivity contribution < 1.29 is 4.79 Å². The van der Waals surface area contributed by atoms with E-state index in [4.69, 9.17) is 34.8 Å². The van der Waals surface area contributed by atoms with Gasteiger partial charge in [-0.3, -0.25) is 4.79 Å². The lowest BCUT2D eigenvalue weighted by Crippen LogP contribution is -2.00. The number of carbonyl (C=O) groups is 1. The van der Waals surface area contributed by atoms with Crippen molar-refractivity contribution >= 4 is 40.6 Å². The van der Waals surface area contributed by atoms with Gasteiger partial charge in [-0.1, -0.05) is 23.2 Å². The molecule has 0 radical (unpaired) electrons.